The first-order valence-electron chi connectivity index (χ1n) is 8.02. The van der Waals surface area contributed by atoms with E-state index in [1.165, 1.54) is 0 Å². The average Bonchev–Trinajstić information content (AvgIpc) is 3.32. The second-order valence-corrected chi connectivity index (χ2v) is 5.84. The summed E-state index contributed by atoms with van der Waals surface area (Å²) < 4.78 is 9.40. The number of nitrogens with zero attached hydrogens (tertiary/aromatic N) is 6. The standard InChI is InChI=1S/C17H18N6O/c1-3-12(2)23-9-13(8-18-23)15-10-22(21-20-15)11-17-19-14-6-4-5-7-16(14)24-17/h4-10,12H,3,11H2,1-2H3. The van der Waals surface area contributed by atoms with E-state index in [0.29, 0.717) is 18.5 Å². The van der Waals surface area contributed by atoms with Crippen LogP contribution < -0.4 is 0 Å². The molecule has 0 aliphatic carbocycles. The number of para-hydroxylation sites is 2. The first-order valence-corrected chi connectivity index (χ1v) is 8.02. The minimum atomic E-state index is 0.369. The number of fused-ring (bicyclic) bond motifs is 1. The zero-order valence-corrected chi connectivity index (χ0v) is 13.6. The van der Waals surface area contributed by atoms with E-state index in [9.17, 15) is 0 Å². The molecule has 1 aromatic carbocycles. The zero-order valence-electron chi connectivity index (χ0n) is 13.6. The molecule has 0 spiro atoms. The van der Waals surface area contributed by atoms with Gasteiger partial charge < -0.3 is 4.42 Å². The molecule has 0 amide bonds. The van der Waals surface area contributed by atoms with Crippen molar-refractivity contribution in [2.24, 2.45) is 0 Å². The van der Waals surface area contributed by atoms with Crippen LogP contribution in [0.2, 0.25) is 0 Å². The van der Waals surface area contributed by atoms with Crippen molar-refractivity contribution in [1.29, 1.82) is 0 Å². The molecule has 0 saturated carbocycles. The highest BCUT2D eigenvalue weighted by molar-refractivity contribution is 5.72. The monoisotopic (exact) mass is 322 g/mol. The van der Waals surface area contributed by atoms with Crippen LogP contribution in [0.25, 0.3) is 22.4 Å². The first-order chi connectivity index (χ1) is 11.7. The Labute approximate surface area is 138 Å². The lowest BCUT2D eigenvalue weighted by atomic mass is 10.2. The van der Waals surface area contributed by atoms with Gasteiger partial charge in [-0.25, -0.2) is 9.67 Å². The van der Waals surface area contributed by atoms with Crippen LogP contribution in [-0.2, 0) is 6.54 Å². The van der Waals surface area contributed by atoms with Gasteiger partial charge in [0.2, 0.25) is 5.89 Å². The normalized spacial score (nSPS) is 12.8. The average molecular weight is 322 g/mol. The fourth-order valence-electron chi connectivity index (χ4n) is 2.53. The van der Waals surface area contributed by atoms with Crippen molar-refractivity contribution in [3.63, 3.8) is 0 Å². The molecule has 24 heavy (non-hydrogen) atoms. The largest absolute Gasteiger partial charge is 0.439 e. The van der Waals surface area contributed by atoms with Crippen molar-refractivity contribution in [3.05, 3.63) is 48.7 Å². The summed E-state index contributed by atoms with van der Waals surface area (Å²) in [4.78, 5) is 4.46. The molecule has 4 rings (SSSR count). The Balaban J connectivity index is 1.55. The van der Waals surface area contributed by atoms with Crippen molar-refractivity contribution >= 4 is 11.1 Å². The predicted octanol–water partition coefficient (Wildman–Crippen LogP) is 3.30. The lowest BCUT2D eigenvalue weighted by molar-refractivity contribution is 0.478. The second-order valence-electron chi connectivity index (χ2n) is 5.84. The molecule has 0 fully saturated rings. The van der Waals surface area contributed by atoms with E-state index in [-0.39, 0.29) is 0 Å². The van der Waals surface area contributed by atoms with E-state index in [2.05, 4.69) is 34.2 Å². The van der Waals surface area contributed by atoms with Gasteiger partial charge >= 0.3 is 0 Å². The summed E-state index contributed by atoms with van der Waals surface area (Å²) in [6, 6.07) is 8.07. The Bertz CT molecular complexity index is 933. The lowest BCUT2D eigenvalue weighted by Gasteiger charge is -2.07. The van der Waals surface area contributed by atoms with E-state index in [4.69, 9.17) is 4.42 Å². The van der Waals surface area contributed by atoms with Gasteiger partial charge in [-0.3, -0.25) is 4.68 Å². The Morgan fingerprint density at radius 2 is 2.08 bits per heavy atom. The summed E-state index contributed by atoms with van der Waals surface area (Å²) in [6.45, 7) is 4.73. The van der Waals surface area contributed by atoms with Crippen LogP contribution in [0, 0.1) is 0 Å². The molecule has 0 aliphatic rings. The molecule has 0 N–H and O–H groups in total. The molecule has 0 aliphatic heterocycles. The molecule has 1 atom stereocenters. The minimum absolute atomic E-state index is 0.369. The zero-order chi connectivity index (χ0) is 16.5. The summed E-state index contributed by atoms with van der Waals surface area (Å²) in [5.74, 6) is 0.614. The van der Waals surface area contributed by atoms with Crippen molar-refractivity contribution in [2.45, 2.75) is 32.9 Å². The molecular weight excluding hydrogens is 304 g/mol. The van der Waals surface area contributed by atoms with Gasteiger partial charge in [0.05, 0.1) is 12.4 Å². The van der Waals surface area contributed by atoms with E-state index >= 15 is 0 Å². The van der Waals surface area contributed by atoms with Crippen LogP contribution in [0.3, 0.4) is 0 Å². The Hall–Kier alpha value is -2.96. The van der Waals surface area contributed by atoms with Gasteiger partial charge in [0, 0.05) is 17.8 Å². The van der Waals surface area contributed by atoms with Gasteiger partial charge in [-0.05, 0) is 25.5 Å². The van der Waals surface area contributed by atoms with Crippen LogP contribution in [0.15, 0.2) is 47.3 Å². The van der Waals surface area contributed by atoms with Gasteiger partial charge in [-0.2, -0.15) is 5.10 Å². The van der Waals surface area contributed by atoms with Gasteiger partial charge in [-0.15, -0.1) is 5.10 Å². The Morgan fingerprint density at radius 1 is 1.21 bits per heavy atom. The SMILES string of the molecule is CCC(C)n1cc(-c2cn(Cc3nc4ccccc4o3)nn2)cn1. The van der Waals surface area contributed by atoms with Crippen molar-refractivity contribution in [1.82, 2.24) is 29.8 Å². The van der Waals surface area contributed by atoms with Crippen LogP contribution in [0.5, 0.6) is 0 Å². The van der Waals surface area contributed by atoms with Crippen LogP contribution in [0.4, 0.5) is 0 Å². The summed E-state index contributed by atoms with van der Waals surface area (Å²) in [5, 5.41) is 12.8. The molecule has 0 bridgehead atoms. The number of benzene rings is 1. The Kier molecular flexibility index (Phi) is 3.60. The maximum Gasteiger partial charge on any atom is 0.217 e. The van der Waals surface area contributed by atoms with E-state index < -0.39 is 0 Å². The summed E-state index contributed by atoms with van der Waals surface area (Å²) in [7, 11) is 0. The lowest BCUT2D eigenvalue weighted by Crippen LogP contribution is -2.03. The third-order valence-corrected chi connectivity index (χ3v) is 4.11. The number of hydrogen-bond acceptors (Lipinski definition) is 5. The molecule has 7 nitrogen and oxygen atoms in total. The maximum atomic E-state index is 5.72. The Morgan fingerprint density at radius 3 is 2.92 bits per heavy atom. The summed E-state index contributed by atoms with van der Waals surface area (Å²) >= 11 is 0. The minimum Gasteiger partial charge on any atom is -0.439 e. The molecule has 4 aromatic rings. The molecule has 0 saturated heterocycles. The molecule has 0 radical (unpaired) electrons. The highest BCUT2D eigenvalue weighted by Crippen LogP contribution is 2.19. The molecular formula is C17H18N6O. The quantitative estimate of drug-likeness (QED) is 0.563. The number of aromatic nitrogens is 6. The van der Waals surface area contributed by atoms with Crippen molar-refractivity contribution < 1.29 is 4.42 Å². The topological polar surface area (TPSA) is 74.6 Å². The second kappa shape index (κ2) is 5.92. The number of hydrogen-bond donors (Lipinski definition) is 0. The predicted molar refractivity (Wildman–Crippen MR) is 89.4 cm³/mol. The number of rotatable bonds is 5. The van der Waals surface area contributed by atoms with E-state index in [1.54, 1.807) is 4.68 Å². The van der Waals surface area contributed by atoms with Crippen LogP contribution >= 0.6 is 0 Å². The first kappa shape index (κ1) is 14.6. The van der Waals surface area contributed by atoms with Crippen LogP contribution in [-0.4, -0.2) is 29.8 Å². The molecule has 7 heteroatoms. The van der Waals surface area contributed by atoms with Crippen molar-refractivity contribution in [3.8, 4) is 11.3 Å². The van der Waals surface area contributed by atoms with Crippen molar-refractivity contribution in [2.75, 3.05) is 0 Å². The van der Waals surface area contributed by atoms with Gasteiger partial charge in [0.1, 0.15) is 17.8 Å². The molecule has 3 aromatic heterocycles. The smallest absolute Gasteiger partial charge is 0.217 e. The highest BCUT2D eigenvalue weighted by Gasteiger charge is 2.11. The summed E-state index contributed by atoms with van der Waals surface area (Å²) in [5.41, 5.74) is 3.38. The fourth-order valence-corrected chi connectivity index (χ4v) is 2.53. The number of oxazole rings is 1. The summed E-state index contributed by atoms with van der Waals surface area (Å²) in [6.07, 6.45) is 6.74. The third kappa shape index (κ3) is 2.68. The van der Waals surface area contributed by atoms with Gasteiger partial charge in [0.25, 0.3) is 0 Å². The third-order valence-electron chi connectivity index (χ3n) is 4.11. The van der Waals surface area contributed by atoms with E-state index in [0.717, 1.165) is 28.8 Å². The van der Waals surface area contributed by atoms with Gasteiger partial charge in [0.15, 0.2) is 5.58 Å². The highest BCUT2D eigenvalue weighted by atomic mass is 16.3. The van der Waals surface area contributed by atoms with Crippen LogP contribution in [0.1, 0.15) is 32.2 Å². The molecule has 3 heterocycles. The maximum absolute atomic E-state index is 5.72. The molecule has 122 valence electrons. The fraction of sp³-hybridized carbons (Fsp3) is 0.294. The van der Waals surface area contributed by atoms with E-state index in [1.807, 2.05) is 47.5 Å². The molecule has 1 unspecified atom stereocenters. The van der Waals surface area contributed by atoms with Gasteiger partial charge in [-0.1, -0.05) is 24.3 Å².